The molecule has 31 heavy (non-hydrogen) atoms. The van der Waals surface area contributed by atoms with E-state index < -0.39 is 0 Å². The summed E-state index contributed by atoms with van der Waals surface area (Å²) >= 11 is 0. The van der Waals surface area contributed by atoms with Crippen LogP contribution in [0.3, 0.4) is 0 Å². The van der Waals surface area contributed by atoms with Gasteiger partial charge in [0.25, 0.3) is 0 Å². The molecule has 182 valence electrons. The maximum atomic E-state index is 2.86. The van der Waals surface area contributed by atoms with Crippen LogP contribution >= 0.6 is 0 Å². The van der Waals surface area contributed by atoms with Gasteiger partial charge in [0.15, 0.2) is 0 Å². The fourth-order valence-electron chi connectivity index (χ4n) is 6.64. The second-order valence-corrected chi connectivity index (χ2v) is 12.0. The van der Waals surface area contributed by atoms with Crippen molar-refractivity contribution >= 4 is 0 Å². The SMILES string of the molecule is CCCCCC(CCCC)N1CCN(C[C@H]2CCCN(CC3(CC(C)C)CC3)C2)CC1. The van der Waals surface area contributed by atoms with E-state index in [1.54, 1.807) is 0 Å². The fourth-order valence-corrected chi connectivity index (χ4v) is 6.64. The number of likely N-dealkylation sites (tertiary alicyclic amines) is 1. The number of hydrogen-bond acceptors (Lipinski definition) is 3. The third-order valence-corrected chi connectivity index (χ3v) is 8.43. The smallest absolute Gasteiger partial charge is 0.0113 e. The third kappa shape index (κ3) is 8.63. The Bertz CT molecular complexity index is 479. The lowest BCUT2D eigenvalue weighted by atomic mass is 9.91. The van der Waals surface area contributed by atoms with E-state index in [2.05, 4.69) is 42.4 Å². The van der Waals surface area contributed by atoms with Gasteiger partial charge in [-0.25, -0.2) is 0 Å². The van der Waals surface area contributed by atoms with Crippen molar-refractivity contribution in [3.63, 3.8) is 0 Å². The largest absolute Gasteiger partial charge is 0.302 e. The first kappa shape index (κ1) is 25.5. The number of piperidine rings is 1. The summed E-state index contributed by atoms with van der Waals surface area (Å²) in [6, 6.07) is 0.856. The summed E-state index contributed by atoms with van der Waals surface area (Å²) in [5.41, 5.74) is 0.701. The first-order valence-electron chi connectivity index (χ1n) is 14.2. The molecule has 2 atom stereocenters. The molecule has 3 aliphatic rings. The van der Waals surface area contributed by atoms with Crippen molar-refractivity contribution < 1.29 is 0 Å². The first-order chi connectivity index (χ1) is 15.0. The van der Waals surface area contributed by atoms with E-state index in [-0.39, 0.29) is 0 Å². The summed E-state index contributed by atoms with van der Waals surface area (Å²) in [7, 11) is 0. The molecule has 0 aromatic rings. The zero-order valence-electron chi connectivity index (χ0n) is 21.7. The zero-order valence-corrected chi connectivity index (χ0v) is 21.7. The van der Waals surface area contributed by atoms with E-state index in [0.717, 1.165) is 17.9 Å². The van der Waals surface area contributed by atoms with Crippen molar-refractivity contribution in [1.82, 2.24) is 14.7 Å². The summed E-state index contributed by atoms with van der Waals surface area (Å²) in [5.74, 6) is 1.78. The predicted molar refractivity (Wildman–Crippen MR) is 136 cm³/mol. The summed E-state index contributed by atoms with van der Waals surface area (Å²) in [5, 5.41) is 0. The molecule has 3 rings (SSSR count). The number of unbranched alkanes of at least 4 members (excludes halogenated alkanes) is 3. The Morgan fingerprint density at radius 3 is 2.19 bits per heavy atom. The quantitative estimate of drug-likeness (QED) is 0.298. The Morgan fingerprint density at radius 2 is 1.55 bits per heavy atom. The lowest BCUT2D eigenvalue weighted by Gasteiger charge is -2.42. The van der Waals surface area contributed by atoms with Gasteiger partial charge in [0, 0.05) is 51.9 Å². The molecule has 3 heteroatoms. The van der Waals surface area contributed by atoms with Gasteiger partial charge in [-0.2, -0.15) is 0 Å². The molecule has 0 aromatic heterocycles. The summed E-state index contributed by atoms with van der Waals surface area (Å²) in [6.07, 6.45) is 17.1. The van der Waals surface area contributed by atoms with Gasteiger partial charge in [-0.15, -0.1) is 0 Å². The molecule has 0 amide bonds. The topological polar surface area (TPSA) is 9.72 Å². The highest BCUT2D eigenvalue weighted by atomic mass is 15.3. The Labute approximate surface area is 195 Å². The Hall–Kier alpha value is -0.120. The van der Waals surface area contributed by atoms with Crippen LogP contribution in [0.4, 0.5) is 0 Å². The van der Waals surface area contributed by atoms with E-state index >= 15 is 0 Å². The van der Waals surface area contributed by atoms with Crippen LogP contribution in [0.15, 0.2) is 0 Å². The minimum atomic E-state index is 0.701. The van der Waals surface area contributed by atoms with Crippen molar-refractivity contribution in [3.8, 4) is 0 Å². The average molecular weight is 434 g/mol. The van der Waals surface area contributed by atoms with Gasteiger partial charge in [0.2, 0.25) is 0 Å². The van der Waals surface area contributed by atoms with E-state index in [0.29, 0.717) is 5.41 Å². The first-order valence-corrected chi connectivity index (χ1v) is 14.2. The van der Waals surface area contributed by atoms with Crippen molar-refractivity contribution in [2.75, 3.05) is 52.4 Å². The van der Waals surface area contributed by atoms with Crippen LogP contribution in [-0.2, 0) is 0 Å². The molecule has 0 bridgehead atoms. The van der Waals surface area contributed by atoms with Crippen molar-refractivity contribution in [2.24, 2.45) is 17.3 Å². The monoisotopic (exact) mass is 433 g/mol. The molecular formula is C28H55N3. The van der Waals surface area contributed by atoms with Crippen molar-refractivity contribution in [3.05, 3.63) is 0 Å². The minimum Gasteiger partial charge on any atom is -0.302 e. The normalized spacial score (nSPS) is 26.4. The molecule has 0 N–H and O–H groups in total. The van der Waals surface area contributed by atoms with Crippen molar-refractivity contribution in [1.29, 1.82) is 0 Å². The molecule has 3 nitrogen and oxygen atoms in total. The van der Waals surface area contributed by atoms with Gasteiger partial charge in [0.1, 0.15) is 0 Å². The summed E-state index contributed by atoms with van der Waals surface area (Å²) in [4.78, 5) is 8.53. The molecule has 3 fully saturated rings. The van der Waals surface area contributed by atoms with E-state index in [9.17, 15) is 0 Å². The lowest BCUT2D eigenvalue weighted by molar-refractivity contribution is 0.0591. The zero-order chi connectivity index (χ0) is 22.1. The Kier molecular flexibility index (Phi) is 10.6. The Morgan fingerprint density at radius 1 is 0.839 bits per heavy atom. The predicted octanol–water partition coefficient (Wildman–Crippen LogP) is 6.28. The van der Waals surface area contributed by atoms with Crippen LogP contribution in [0.2, 0.25) is 0 Å². The summed E-state index contributed by atoms with van der Waals surface area (Å²) in [6.45, 7) is 20.2. The molecule has 1 aliphatic carbocycles. The highest BCUT2D eigenvalue weighted by Gasteiger charge is 2.44. The second kappa shape index (κ2) is 12.9. The molecule has 1 unspecified atom stereocenters. The second-order valence-electron chi connectivity index (χ2n) is 12.0. The number of hydrogen-bond donors (Lipinski definition) is 0. The highest BCUT2D eigenvalue weighted by Crippen LogP contribution is 2.51. The summed E-state index contributed by atoms with van der Waals surface area (Å²) < 4.78 is 0. The average Bonchev–Trinajstić information content (AvgIpc) is 3.49. The standard InChI is InChI=1S/C28H55N3/c1-5-7-9-13-27(12-8-6-2)31-19-17-29(18-20-31)22-26-11-10-16-30(23-26)24-28(14-15-28)21-25(3)4/h25-27H,5-24H2,1-4H3/t26-,27?/m1/s1. The number of nitrogens with zero attached hydrogens (tertiary/aromatic N) is 3. The van der Waals surface area contributed by atoms with Gasteiger partial charge in [-0.05, 0) is 68.7 Å². The van der Waals surface area contributed by atoms with Crippen LogP contribution in [0.25, 0.3) is 0 Å². The van der Waals surface area contributed by atoms with Crippen LogP contribution in [-0.4, -0.2) is 73.1 Å². The molecule has 2 heterocycles. The van der Waals surface area contributed by atoms with Crippen LogP contribution in [0, 0.1) is 17.3 Å². The van der Waals surface area contributed by atoms with Gasteiger partial charge in [0.05, 0.1) is 0 Å². The maximum Gasteiger partial charge on any atom is 0.0113 e. The van der Waals surface area contributed by atoms with Crippen molar-refractivity contribution in [2.45, 2.75) is 111 Å². The maximum absolute atomic E-state index is 2.86. The molecule has 2 aliphatic heterocycles. The lowest BCUT2D eigenvalue weighted by Crippen LogP contribution is -2.52. The molecule has 0 spiro atoms. The fraction of sp³-hybridized carbons (Fsp3) is 1.00. The third-order valence-electron chi connectivity index (χ3n) is 8.43. The van der Waals surface area contributed by atoms with E-state index in [4.69, 9.17) is 0 Å². The van der Waals surface area contributed by atoms with E-state index in [1.807, 2.05) is 0 Å². The highest BCUT2D eigenvalue weighted by molar-refractivity contribution is 4.97. The van der Waals surface area contributed by atoms with E-state index in [1.165, 1.54) is 129 Å². The molecule has 2 saturated heterocycles. The number of piperazine rings is 1. The molecule has 0 radical (unpaired) electrons. The minimum absolute atomic E-state index is 0.701. The Balaban J connectivity index is 1.39. The molecular weight excluding hydrogens is 378 g/mol. The van der Waals surface area contributed by atoms with Gasteiger partial charge in [-0.1, -0.05) is 59.8 Å². The van der Waals surface area contributed by atoms with Gasteiger partial charge >= 0.3 is 0 Å². The molecule has 1 saturated carbocycles. The number of rotatable bonds is 14. The molecule has 0 aromatic carbocycles. The van der Waals surface area contributed by atoms with Gasteiger partial charge < -0.3 is 9.80 Å². The van der Waals surface area contributed by atoms with Crippen LogP contribution in [0.1, 0.15) is 105 Å². The van der Waals surface area contributed by atoms with Gasteiger partial charge in [-0.3, -0.25) is 4.90 Å². The van der Waals surface area contributed by atoms with Crippen LogP contribution in [0.5, 0.6) is 0 Å². The van der Waals surface area contributed by atoms with Crippen LogP contribution < -0.4 is 0 Å².